The van der Waals surface area contributed by atoms with Gasteiger partial charge in [-0.05, 0) is 45.3 Å². The molecule has 0 bridgehead atoms. The first kappa shape index (κ1) is 18.8. The van der Waals surface area contributed by atoms with Crippen molar-refractivity contribution >= 4 is 5.78 Å². The van der Waals surface area contributed by atoms with Crippen molar-refractivity contribution in [1.82, 2.24) is 5.32 Å². The molecule has 1 fully saturated rings. The minimum absolute atomic E-state index is 0.131. The average Bonchev–Trinajstić information content (AvgIpc) is 3.03. The second-order valence-corrected chi connectivity index (χ2v) is 4.77. The Morgan fingerprint density at radius 3 is 2.00 bits per heavy atom. The van der Waals surface area contributed by atoms with E-state index in [1.54, 1.807) is 6.92 Å². The van der Waals surface area contributed by atoms with Crippen LogP contribution in [0.4, 0.5) is 0 Å². The van der Waals surface area contributed by atoms with Crippen molar-refractivity contribution in [1.29, 1.82) is 0 Å². The maximum Gasteiger partial charge on any atom is 0.138 e. The minimum Gasteiger partial charge on any atom is -0.329 e. The van der Waals surface area contributed by atoms with Crippen LogP contribution in [0, 0.1) is 6.92 Å². The number of nitrogens with one attached hydrogen (secondary N) is 1. The highest BCUT2D eigenvalue weighted by atomic mass is 16.1. The number of benzene rings is 1. The molecule has 20 heavy (non-hydrogen) atoms. The Morgan fingerprint density at radius 1 is 1.20 bits per heavy atom. The highest BCUT2D eigenvalue weighted by Gasteiger charge is 2.13. The first-order chi connectivity index (χ1) is 9.65. The third-order valence-corrected chi connectivity index (χ3v) is 3.16. The van der Waals surface area contributed by atoms with Gasteiger partial charge in [-0.2, -0.15) is 0 Å². The number of hydrogen-bond acceptors (Lipinski definition) is 3. The number of rotatable bonds is 3. The van der Waals surface area contributed by atoms with E-state index in [4.69, 9.17) is 5.73 Å². The van der Waals surface area contributed by atoms with Gasteiger partial charge in [-0.15, -0.1) is 0 Å². The molecule has 1 atom stereocenters. The maximum absolute atomic E-state index is 11.2. The van der Waals surface area contributed by atoms with Gasteiger partial charge >= 0.3 is 0 Å². The lowest BCUT2D eigenvalue weighted by atomic mass is 9.95. The van der Waals surface area contributed by atoms with Crippen LogP contribution in [0.15, 0.2) is 24.3 Å². The zero-order chi connectivity index (χ0) is 15.4. The van der Waals surface area contributed by atoms with Crippen LogP contribution in [-0.4, -0.2) is 25.4 Å². The third kappa shape index (κ3) is 7.41. The molecule has 1 unspecified atom stereocenters. The summed E-state index contributed by atoms with van der Waals surface area (Å²) in [5.41, 5.74) is 7.73. The molecule has 0 saturated carbocycles. The highest BCUT2D eigenvalue weighted by molar-refractivity contribution is 5.83. The Morgan fingerprint density at radius 2 is 1.70 bits per heavy atom. The summed E-state index contributed by atoms with van der Waals surface area (Å²) in [5.74, 6) is -0.00745. The fourth-order valence-corrected chi connectivity index (χ4v) is 1.96. The Labute approximate surface area is 124 Å². The van der Waals surface area contributed by atoms with E-state index in [9.17, 15) is 4.79 Å². The van der Waals surface area contributed by atoms with Gasteiger partial charge in [-0.25, -0.2) is 0 Å². The van der Waals surface area contributed by atoms with Crippen LogP contribution in [0.1, 0.15) is 50.7 Å². The summed E-state index contributed by atoms with van der Waals surface area (Å²) >= 11 is 0. The van der Waals surface area contributed by atoms with E-state index in [-0.39, 0.29) is 11.7 Å². The first-order valence-electron chi connectivity index (χ1n) is 7.63. The van der Waals surface area contributed by atoms with Crippen LogP contribution in [0.3, 0.4) is 0 Å². The van der Waals surface area contributed by atoms with E-state index in [1.165, 1.54) is 31.5 Å². The summed E-state index contributed by atoms with van der Waals surface area (Å²) in [6.07, 6.45) is 2.78. The fraction of sp³-hybridized carbons (Fsp3) is 0.588. The summed E-state index contributed by atoms with van der Waals surface area (Å²) in [6.45, 7) is 10.5. The van der Waals surface area contributed by atoms with E-state index in [0.29, 0.717) is 6.54 Å². The van der Waals surface area contributed by atoms with Gasteiger partial charge in [0.2, 0.25) is 0 Å². The van der Waals surface area contributed by atoms with Crippen molar-refractivity contribution in [2.45, 2.75) is 46.5 Å². The molecule has 0 aromatic heterocycles. The topological polar surface area (TPSA) is 55.1 Å². The Kier molecular flexibility index (Phi) is 10.9. The molecule has 1 saturated heterocycles. The van der Waals surface area contributed by atoms with Crippen LogP contribution in [0.5, 0.6) is 0 Å². The lowest BCUT2D eigenvalue weighted by Crippen LogP contribution is -2.19. The molecule has 3 heteroatoms. The lowest BCUT2D eigenvalue weighted by molar-refractivity contribution is -0.118. The predicted molar refractivity (Wildman–Crippen MR) is 87.1 cm³/mol. The van der Waals surface area contributed by atoms with Gasteiger partial charge < -0.3 is 11.1 Å². The third-order valence-electron chi connectivity index (χ3n) is 3.16. The van der Waals surface area contributed by atoms with Crippen molar-refractivity contribution in [3.8, 4) is 0 Å². The average molecular weight is 278 g/mol. The lowest BCUT2D eigenvalue weighted by Gasteiger charge is -2.11. The van der Waals surface area contributed by atoms with Gasteiger partial charge in [-0.3, -0.25) is 4.79 Å². The van der Waals surface area contributed by atoms with E-state index in [1.807, 2.05) is 45.0 Å². The van der Waals surface area contributed by atoms with E-state index in [2.05, 4.69) is 5.32 Å². The fourth-order valence-electron chi connectivity index (χ4n) is 1.96. The number of aryl methyl sites for hydroxylation is 1. The number of Topliss-reactive ketones (excluding diaryl/α,β-unsaturated/α-hetero) is 1. The van der Waals surface area contributed by atoms with Crippen molar-refractivity contribution in [2.75, 3.05) is 19.6 Å². The van der Waals surface area contributed by atoms with E-state index in [0.717, 1.165) is 5.56 Å². The second kappa shape index (κ2) is 11.6. The molecule has 0 spiro atoms. The predicted octanol–water partition coefficient (Wildman–Crippen LogP) is 3.02. The Hall–Kier alpha value is -1.19. The van der Waals surface area contributed by atoms with Gasteiger partial charge in [-0.1, -0.05) is 43.7 Å². The molecular formula is C17H30N2O. The molecular weight excluding hydrogens is 248 g/mol. The molecule has 1 aromatic rings. The van der Waals surface area contributed by atoms with Crippen LogP contribution >= 0.6 is 0 Å². The Bertz CT molecular complexity index is 348. The summed E-state index contributed by atoms with van der Waals surface area (Å²) in [7, 11) is 0. The summed E-state index contributed by atoms with van der Waals surface area (Å²) in [6, 6.07) is 7.93. The van der Waals surface area contributed by atoms with Crippen molar-refractivity contribution in [3.05, 3.63) is 35.4 Å². The normalized spacial score (nSPS) is 14.4. The van der Waals surface area contributed by atoms with E-state index >= 15 is 0 Å². The molecule has 3 nitrogen and oxygen atoms in total. The zero-order valence-electron chi connectivity index (χ0n) is 13.4. The number of nitrogens with two attached hydrogens (primary N) is 1. The zero-order valence-corrected chi connectivity index (χ0v) is 13.4. The highest BCUT2D eigenvalue weighted by Crippen LogP contribution is 2.15. The molecule has 3 N–H and O–H groups in total. The smallest absolute Gasteiger partial charge is 0.138 e. The molecule has 1 aliphatic rings. The molecule has 1 aliphatic heterocycles. The number of hydrogen-bond donors (Lipinski definition) is 2. The van der Waals surface area contributed by atoms with Gasteiger partial charge in [0.25, 0.3) is 0 Å². The number of carbonyl (C=O) groups is 1. The number of carbonyl (C=O) groups excluding carboxylic acids is 1. The quantitative estimate of drug-likeness (QED) is 0.893. The van der Waals surface area contributed by atoms with Crippen LogP contribution in [-0.2, 0) is 4.79 Å². The van der Waals surface area contributed by atoms with Crippen LogP contribution < -0.4 is 11.1 Å². The van der Waals surface area contributed by atoms with Crippen LogP contribution in [0.2, 0.25) is 0 Å². The number of ketones is 1. The summed E-state index contributed by atoms with van der Waals surface area (Å²) < 4.78 is 0. The first-order valence-corrected chi connectivity index (χ1v) is 7.63. The standard InChI is InChI=1S/C11H15NO.C4H9N.C2H6/c1-8-3-5-10(6-4-8)11(7-12)9(2)13;1-2-4-5-3-1;1-2/h3-6,11H,7,12H2,1-2H3;5H,1-4H2;1-2H3. The SMILES string of the molecule is C1CCNC1.CC.CC(=O)C(CN)c1ccc(C)cc1. The molecule has 0 aliphatic carbocycles. The van der Waals surface area contributed by atoms with Crippen molar-refractivity contribution in [3.63, 3.8) is 0 Å². The molecule has 0 amide bonds. The van der Waals surface area contributed by atoms with E-state index < -0.39 is 0 Å². The Balaban J connectivity index is 0.000000427. The van der Waals surface area contributed by atoms with Gasteiger partial charge in [0, 0.05) is 6.54 Å². The van der Waals surface area contributed by atoms with Gasteiger partial charge in [0.1, 0.15) is 5.78 Å². The molecule has 2 rings (SSSR count). The summed E-state index contributed by atoms with van der Waals surface area (Å²) in [4.78, 5) is 11.2. The van der Waals surface area contributed by atoms with Crippen molar-refractivity contribution in [2.24, 2.45) is 5.73 Å². The van der Waals surface area contributed by atoms with Crippen LogP contribution in [0.25, 0.3) is 0 Å². The molecule has 0 radical (unpaired) electrons. The van der Waals surface area contributed by atoms with Crippen molar-refractivity contribution < 1.29 is 4.79 Å². The largest absolute Gasteiger partial charge is 0.329 e. The van der Waals surface area contributed by atoms with Gasteiger partial charge in [0.05, 0.1) is 5.92 Å². The summed E-state index contributed by atoms with van der Waals surface area (Å²) in [5, 5.41) is 3.22. The maximum atomic E-state index is 11.2. The molecule has 1 heterocycles. The monoisotopic (exact) mass is 278 g/mol. The molecule has 1 aromatic carbocycles. The molecule has 114 valence electrons. The minimum atomic E-state index is -0.138. The van der Waals surface area contributed by atoms with Gasteiger partial charge in [0.15, 0.2) is 0 Å². The second-order valence-electron chi connectivity index (χ2n) is 4.77.